The average molecular weight is 185 g/mol. The lowest BCUT2D eigenvalue weighted by molar-refractivity contribution is -0.138. The largest absolute Gasteiger partial charge is 0.463 e. The third-order valence-corrected chi connectivity index (χ3v) is 1.64. The van der Waals surface area contributed by atoms with Gasteiger partial charge in [-0.15, -0.1) is 0 Å². The van der Waals surface area contributed by atoms with Crippen LogP contribution in [-0.2, 0) is 9.53 Å². The number of hydrogen-bond acceptors (Lipinski definition) is 3. The maximum absolute atomic E-state index is 11.3. The Morgan fingerprint density at radius 2 is 2.15 bits per heavy atom. The molecule has 76 valence electrons. The number of allylic oxidation sites excluding steroid dienone is 1. The lowest BCUT2D eigenvalue weighted by Crippen LogP contribution is -2.09. The van der Waals surface area contributed by atoms with E-state index in [1.165, 1.54) is 0 Å². The van der Waals surface area contributed by atoms with Crippen LogP contribution in [0.4, 0.5) is 0 Å². The molecule has 0 saturated carbocycles. The predicted octanol–water partition coefficient (Wildman–Crippen LogP) is 1.62. The predicted molar refractivity (Wildman–Crippen MR) is 53.3 cm³/mol. The van der Waals surface area contributed by atoms with Gasteiger partial charge in [-0.05, 0) is 32.7 Å². The Kier molecular flexibility index (Phi) is 7.30. The van der Waals surface area contributed by atoms with Crippen molar-refractivity contribution in [1.29, 1.82) is 0 Å². The number of hydrogen-bond donors (Lipinski definition) is 1. The van der Waals surface area contributed by atoms with Crippen LogP contribution in [0.5, 0.6) is 0 Å². The summed E-state index contributed by atoms with van der Waals surface area (Å²) in [5.74, 6) is -0.196. The average Bonchev–Trinajstić information content (AvgIpc) is 2.12. The van der Waals surface area contributed by atoms with Gasteiger partial charge < -0.3 is 10.5 Å². The van der Waals surface area contributed by atoms with Crippen molar-refractivity contribution in [1.82, 2.24) is 0 Å². The number of rotatable bonds is 6. The quantitative estimate of drug-likeness (QED) is 0.505. The molecule has 2 N–H and O–H groups in total. The van der Waals surface area contributed by atoms with Crippen LogP contribution in [0, 0.1) is 0 Å². The molecule has 0 aromatic carbocycles. The molecule has 13 heavy (non-hydrogen) atoms. The first-order valence-corrected chi connectivity index (χ1v) is 4.82. The zero-order chi connectivity index (χ0) is 10.1. The minimum Gasteiger partial charge on any atom is -0.463 e. The number of carbonyl (C=O) groups is 1. The van der Waals surface area contributed by atoms with Crippen LogP contribution in [0.2, 0.25) is 0 Å². The van der Waals surface area contributed by atoms with Gasteiger partial charge in [-0.3, -0.25) is 0 Å². The van der Waals surface area contributed by atoms with Gasteiger partial charge in [0, 0.05) is 5.57 Å². The molecule has 0 saturated heterocycles. The lowest BCUT2D eigenvalue weighted by Gasteiger charge is -2.05. The van der Waals surface area contributed by atoms with Crippen molar-refractivity contribution >= 4 is 5.97 Å². The standard InChI is InChI=1S/C10H19NO2/c1-3-6-9(7-5-8-11)10(12)13-4-2/h6H,3-5,7-8,11H2,1-2H3. The molecule has 0 atom stereocenters. The summed E-state index contributed by atoms with van der Waals surface area (Å²) in [7, 11) is 0. The van der Waals surface area contributed by atoms with Crippen LogP contribution in [0.3, 0.4) is 0 Å². The summed E-state index contributed by atoms with van der Waals surface area (Å²) < 4.78 is 4.91. The minimum atomic E-state index is -0.196. The highest BCUT2D eigenvalue weighted by Gasteiger charge is 2.08. The van der Waals surface area contributed by atoms with Gasteiger partial charge in [-0.2, -0.15) is 0 Å². The van der Waals surface area contributed by atoms with Gasteiger partial charge in [0.05, 0.1) is 6.61 Å². The summed E-state index contributed by atoms with van der Waals surface area (Å²) in [5, 5.41) is 0. The van der Waals surface area contributed by atoms with Crippen molar-refractivity contribution in [3.05, 3.63) is 11.6 Å². The van der Waals surface area contributed by atoms with Crippen LogP contribution in [0.1, 0.15) is 33.1 Å². The summed E-state index contributed by atoms with van der Waals surface area (Å²) in [5.41, 5.74) is 6.13. The van der Waals surface area contributed by atoms with Crippen LogP contribution in [0.25, 0.3) is 0 Å². The van der Waals surface area contributed by atoms with E-state index < -0.39 is 0 Å². The smallest absolute Gasteiger partial charge is 0.333 e. The van der Waals surface area contributed by atoms with E-state index >= 15 is 0 Å². The lowest BCUT2D eigenvalue weighted by atomic mass is 10.1. The van der Waals surface area contributed by atoms with Crippen LogP contribution in [0.15, 0.2) is 11.6 Å². The second-order valence-electron chi connectivity index (χ2n) is 2.75. The molecular weight excluding hydrogens is 166 g/mol. The molecule has 0 aliphatic heterocycles. The van der Waals surface area contributed by atoms with Crippen LogP contribution >= 0.6 is 0 Å². The SMILES string of the molecule is CCC=C(CCCN)C(=O)OCC. The van der Waals surface area contributed by atoms with E-state index in [9.17, 15) is 4.79 Å². The Morgan fingerprint density at radius 1 is 1.46 bits per heavy atom. The van der Waals surface area contributed by atoms with Gasteiger partial charge >= 0.3 is 5.97 Å². The molecule has 0 fully saturated rings. The van der Waals surface area contributed by atoms with Gasteiger partial charge in [-0.1, -0.05) is 13.0 Å². The Labute approximate surface area is 79.9 Å². The number of esters is 1. The van der Waals surface area contributed by atoms with E-state index in [4.69, 9.17) is 10.5 Å². The fourth-order valence-electron chi connectivity index (χ4n) is 1.05. The molecule has 0 amide bonds. The van der Waals surface area contributed by atoms with Gasteiger partial charge in [-0.25, -0.2) is 4.79 Å². The first kappa shape index (κ1) is 12.2. The fourth-order valence-corrected chi connectivity index (χ4v) is 1.05. The van der Waals surface area contributed by atoms with E-state index in [2.05, 4.69) is 0 Å². The maximum atomic E-state index is 11.3. The van der Waals surface area contributed by atoms with E-state index in [1.54, 1.807) is 0 Å². The highest BCUT2D eigenvalue weighted by Crippen LogP contribution is 2.07. The zero-order valence-electron chi connectivity index (χ0n) is 8.51. The molecule has 0 radical (unpaired) electrons. The van der Waals surface area contributed by atoms with E-state index in [1.807, 2.05) is 19.9 Å². The van der Waals surface area contributed by atoms with Crippen molar-refractivity contribution in [3.63, 3.8) is 0 Å². The Balaban J connectivity index is 4.08. The summed E-state index contributed by atoms with van der Waals surface area (Å²) in [6, 6.07) is 0. The van der Waals surface area contributed by atoms with Crippen molar-refractivity contribution in [2.75, 3.05) is 13.2 Å². The third kappa shape index (κ3) is 5.42. The van der Waals surface area contributed by atoms with Gasteiger partial charge in [0.25, 0.3) is 0 Å². The van der Waals surface area contributed by atoms with Crippen molar-refractivity contribution in [2.45, 2.75) is 33.1 Å². The highest BCUT2D eigenvalue weighted by atomic mass is 16.5. The zero-order valence-corrected chi connectivity index (χ0v) is 8.51. The Bertz CT molecular complexity index is 176. The minimum absolute atomic E-state index is 0.196. The van der Waals surface area contributed by atoms with E-state index in [0.29, 0.717) is 13.2 Å². The molecule has 3 nitrogen and oxygen atoms in total. The Hall–Kier alpha value is -0.830. The summed E-state index contributed by atoms with van der Waals surface area (Å²) in [6.07, 6.45) is 4.33. The first-order valence-electron chi connectivity index (χ1n) is 4.82. The molecule has 3 heteroatoms. The summed E-state index contributed by atoms with van der Waals surface area (Å²) in [4.78, 5) is 11.3. The van der Waals surface area contributed by atoms with E-state index in [-0.39, 0.29) is 5.97 Å². The maximum Gasteiger partial charge on any atom is 0.333 e. The monoisotopic (exact) mass is 185 g/mol. The topological polar surface area (TPSA) is 52.3 Å². The molecule has 0 spiro atoms. The second-order valence-corrected chi connectivity index (χ2v) is 2.75. The molecule has 0 rings (SSSR count). The molecular formula is C10H19NO2. The molecule has 0 bridgehead atoms. The van der Waals surface area contributed by atoms with E-state index in [0.717, 1.165) is 24.8 Å². The molecule has 0 aliphatic rings. The number of ether oxygens (including phenoxy) is 1. The fraction of sp³-hybridized carbons (Fsp3) is 0.700. The van der Waals surface area contributed by atoms with Gasteiger partial charge in [0.15, 0.2) is 0 Å². The Morgan fingerprint density at radius 3 is 2.62 bits per heavy atom. The molecule has 0 unspecified atom stereocenters. The molecule has 0 heterocycles. The first-order chi connectivity index (χ1) is 6.26. The van der Waals surface area contributed by atoms with Crippen molar-refractivity contribution in [2.24, 2.45) is 5.73 Å². The number of nitrogens with two attached hydrogens (primary N) is 1. The summed E-state index contributed by atoms with van der Waals surface area (Å²) in [6.45, 7) is 4.86. The summed E-state index contributed by atoms with van der Waals surface area (Å²) >= 11 is 0. The van der Waals surface area contributed by atoms with Crippen LogP contribution < -0.4 is 5.73 Å². The molecule has 0 aromatic rings. The normalized spacial score (nSPS) is 11.5. The van der Waals surface area contributed by atoms with Crippen molar-refractivity contribution in [3.8, 4) is 0 Å². The van der Waals surface area contributed by atoms with Gasteiger partial charge in [0.1, 0.15) is 0 Å². The molecule has 0 aromatic heterocycles. The molecule has 0 aliphatic carbocycles. The van der Waals surface area contributed by atoms with Gasteiger partial charge in [0.2, 0.25) is 0 Å². The third-order valence-electron chi connectivity index (χ3n) is 1.64. The van der Waals surface area contributed by atoms with Crippen LogP contribution in [-0.4, -0.2) is 19.1 Å². The number of carbonyl (C=O) groups excluding carboxylic acids is 1. The van der Waals surface area contributed by atoms with Crippen molar-refractivity contribution < 1.29 is 9.53 Å². The second kappa shape index (κ2) is 7.80. The highest BCUT2D eigenvalue weighted by molar-refractivity contribution is 5.88.